The summed E-state index contributed by atoms with van der Waals surface area (Å²) in [4.78, 5) is 20.0. The van der Waals surface area contributed by atoms with Gasteiger partial charge in [0.15, 0.2) is 0 Å². The Labute approximate surface area is 94.4 Å². The van der Waals surface area contributed by atoms with E-state index in [1.165, 1.54) is 0 Å². The zero-order chi connectivity index (χ0) is 13.2. The van der Waals surface area contributed by atoms with E-state index in [2.05, 4.69) is 0 Å². The number of nitro groups is 1. The maximum Gasteiger partial charge on any atom is 0.323 e. The van der Waals surface area contributed by atoms with Gasteiger partial charge in [-0.15, -0.1) is 0 Å². The Hall–Kier alpha value is -2.06. The second kappa shape index (κ2) is 4.85. The Balaban J connectivity index is 3.11. The van der Waals surface area contributed by atoms with Crippen LogP contribution in [0.2, 0.25) is 0 Å². The topological polar surface area (TPSA) is 127 Å². The monoisotopic (exact) mass is 244 g/mol. The molecule has 2 unspecified atom stereocenters. The SMILES string of the molecule is NC(C(=O)O)C(O)c1ccc(F)c([N+](=O)[O-])c1. The second-order valence-electron chi connectivity index (χ2n) is 3.28. The maximum absolute atomic E-state index is 13.0. The molecule has 0 bridgehead atoms. The number of carboxylic acids is 1. The van der Waals surface area contributed by atoms with E-state index in [9.17, 15) is 24.4 Å². The smallest absolute Gasteiger partial charge is 0.323 e. The summed E-state index contributed by atoms with van der Waals surface area (Å²) in [6.07, 6.45) is -1.65. The van der Waals surface area contributed by atoms with Gasteiger partial charge < -0.3 is 15.9 Å². The first-order chi connectivity index (χ1) is 7.84. The fourth-order valence-electron chi connectivity index (χ4n) is 1.20. The van der Waals surface area contributed by atoms with Crippen LogP contribution < -0.4 is 5.73 Å². The molecule has 0 aromatic heterocycles. The molecular weight excluding hydrogens is 235 g/mol. The van der Waals surface area contributed by atoms with Crippen LogP contribution in [0.3, 0.4) is 0 Å². The lowest BCUT2D eigenvalue weighted by molar-refractivity contribution is -0.387. The van der Waals surface area contributed by atoms with Crippen molar-refractivity contribution in [2.75, 3.05) is 0 Å². The molecule has 92 valence electrons. The average molecular weight is 244 g/mol. The van der Waals surface area contributed by atoms with Gasteiger partial charge >= 0.3 is 11.7 Å². The van der Waals surface area contributed by atoms with Crippen molar-refractivity contribution in [3.63, 3.8) is 0 Å². The summed E-state index contributed by atoms with van der Waals surface area (Å²) in [5.41, 5.74) is 4.16. The van der Waals surface area contributed by atoms with Crippen LogP contribution in [0, 0.1) is 15.9 Å². The molecule has 0 heterocycles. The predicted molar refractivity (Wildman–Crippen MR) is 53.6 cm³/mol. The summed E-state index contributed by atoms with van der Waals surface area (Å²) < 4.78 is 13.0. The number of benzene rings is 1. The number of carboxylic acid groups (broad SMARTS) is 1. The fraction of sp³-hybridized carbons (Fsp3) is 0.222. The minimum absolute atomic E-state index is 0.131. The van der Waals surface area contributed by atoms with E-state index in [1.807, 2.05) is 0 Å². The predicted octanol–water partition coefficient (Wildman–Crippen LogP) is 0.179. The molecule has 17 heavy (non-hydrogen) atoms. The zero-order valence-corrected chi connectivity index (χ0v) is 8.41. The molecule has 0 amide bonds. The number of aliphatic hydroxyl groups excluding tert-OH is 1. The van der Waals surface area contributed by atoms with Crippen molar-refractivity contribution < 1.29 is 24.3 Å². The minimum Gasteiger partial charge on any atom is -0.480 e. The fourth-order valence-corrected chi connectivity index (χ4v) is 1.20. The van der Waals surface area contributed by atoms with Gasteiger partial charge in [-0.2, -0.15) is 4.39 Å². The molecule has 0 spiro atoms. The number of rotatable bonds is 4. The Morgan fingerprint density at radius 2 is 2.12 bits per heavy atom. The van der Waals surface area contributed by atoms with Gasteiger partial charge in [-0.25, -0.2) is 0 Å². The van der Waals surface area contributed by atoms with Crippen LogP contribution >= 0.6 is 0 Å². The number of hydrogen-bond donors (Lipinski definition) is 3. The van der Waals surface area contributed by atoms with E-state index >= 15 is 0 Å². The first-order valence-corrected chi connectivity index (χ1v) is 4.45. The van der Waals surface area contributed by atoms with Crippen LogP contribution in [-0.2, 0) is 4.79 Å². The summed E-state index contributed by atoms with van der Waals surface area (Å²) in [5, 5.41) is 28.5. The van der Waals surface area contributed by atoms with E-state index in [0.29, 0.717) is 0 Å². The standard InChI is InChI=1S/C9H9FN2O5/c10-5-2-1-4(3-6(5)12(16)17)8(13)7(11)9(14)15/h1-3,7-8,13H,11H2,(H,14,15). The van der Waals surface area contributed by atoms with Gasteiger partial charge in [-0.1, -0.05) is 6.07 Å². The number of aliphatic hydroxyl groups is 1. The van der Waals surface area contributed by atoms with Crippen molar-refractivity contribution in [2.45, 2.75) is 12.1 Å². The molecule has 1 rings (SSSR count). The highest BCUT2D eigenvalue weighted by Crippen LogP contribution is 2.24. The molecule has 2 atom stereocenters. The van der Waals surface area contributed by atoms with Gasteiger partial charge in [-0.3, -0.25) is 14.9 Å². The van der Waals surface area contributed by atoms with Gasteiger partial charge in [0.25, 0.3) is 0 Å². The summed E-state index contributed by atoms with van der Waals surface area (Å²) in [5.74, 6) is -2.54. The molecule has 0 aliphatic heterocycles. The van der Waals surface area contributed by atoms with Crippen LogP contribution in [-0.4, -0.2) is 27.1 Å². The van der Waals surface area contributed by atoms with E-state index in [0.717, 1.165) is 18.2 Å². The number of nitro benzene ring substituents is 1. The van der Waals surface area contributed by atoms with Crippen LogP contribution in [0.1, 0.15) is 11.7 Å². The van der Waals surface area contributed by atoms with Gasteiger partial charge in [0.05, 0.1) is 4.92 Å². The van der Waals surface area contributed by atoms with Crippen LogP contribution in [0.15, 0.2) is 18.2 Å². The van der Waals surface area contributed by atoms with Crippen molar-refractivity contribution in [2.24, 2.45) is 5.73 Å². The number of aliphatic carboxylic acids is 1. The molecule has 0 aliphatic rings. The minimum atomic E-state index is -1.65. The average Bonchev–Trinajstić information content (AvgIpc) is 2.27. The Kier molecular flexibility index (Phi) is 3.71. The molecule has 1 aromatic rings. The lowest BCUT2D eigenvalue weighted by Gasteiger charge is -2.14. The molecule has 7 nitrogen and oxygen atoms in total. The van der Waals surface area contributed by atoms with Crippen LogP contribution in [0.5, 0.6) is 0 Å². The molecule has 0 radical (unpaired) electrons. The van der Waals surface area contributed by atoms with E-state index in [-0.39, 0.29) is 5.56 Å². The third-order valence-electron chi connectivity index (χ3n) is 2.13. The van der Waals surface area contributed by atoms with Gasteiger partial charge in [0, 0.05) is 6.07 Å². The van der Waals surface area contributed by atoms with Crippen molar-refractivity contribution in [1.29, 1.82) is 0 Å². The van der Waals surface area contributed by atoms with E-state index in [1.54, 1.807) is 0 Å². The lowest BCUT2D eigenvalue weighted by Crippen LogP contribution is -2.36. The number of hydrogen-bond acceptors (Lipinski definition) is 5. The third-order valence-corrected chi connectivity index (χ3v) is 2.13. The van der Waals surface area contributed by atoms with Crippen molar-refractivity contribution in [3.8, 4) is 0 Å². The number of carbonyl (C=O) groups is 1. The largest absolute Gasteiger partial charge is 0.480 e. The number of nitrogens with two attached hydrogens (primary N) is 1. The van der Waals surface area contributed by atoms with Crippen molar-refractivity contribution in [3.05, 3.63) is 39.7 Å². The molecular formula is C9H9FN2O5. The molecule has 0 fully saturated rings. The first kappa shape index (κ1) is 13.0. The molecule has 0 saturated heterocycles. The van der Waals surface area contributed by atoms with Crippen molar-refractivity contribution >= 4 is 11.7 Å². The lowest BCUT2D eigenvalue weighted by atomic mass is 10.0. The summed E-state index contributed by atoms with van der Waals surface area (Å²) in [6.45, 7) is 0. The molecule has 1 aromatic carbocycles. The highest BCUT2D eigenvalue weighted by Gasteiger charge is 2.26. The first-order valence-electron chi connectivity index (χ1n) is 4.45. The van der Waals surface area contributed by atoms with Crippen LogP contribution in [0.25, 0.3) is 0 Å². The van der Waals surface area contributed by atoms with Gasteiger partial charge in [0.1, 0.15) is 12.1 Å². The highest BCUT2D eigenvalue weighted by molar-refractivity contribution is 5.74. The van der Waals surface area contributed by atoms with Crippen LogP contribution in [0.4, 0.5) is 10.1 Å². The Morgan fingerprint density at radius 1 is 1.53 bits per heavy atom. The summed E-state index contributed by atoms with van der Waals surface area (Å²) in [6, 6.07) is 0.921. The molecule has 0 aliphatic carbocycles. The quantitative estimate of drug-likeness (QED) is 0.512. The maximum atomic E-state index is 13.0. The third kappa shape index (κ3) is 2.74. The molecule has 8 heteroatoms. The normalized spacial score (nSPS) is 14.1. The van der Waals surface area contributed by atoms with Gasteiger partial charge in [-0.05, 0) is 11.6 Å². The van der Waals surface area contributed by atoms with Gasteiger partial charge in [0.2, 0.25) is 5.82 Å². The Morgan fingerprint density at radius 3 is 2.59 bits per heavy atom. The summed E-state index contributed by atoms with van der Waals surface area (Å²) in [7, 11) is 0. The van der Waals surface area contributed by atoms with Crippen molar-refractivity contribution in [1.82, 2.24) is 0 Å². The van der Waals surface area contributed by atoms with E-state index in [4.69, 9.17) is 10.8 Å². The molecule has 0 saturated carbocycles. The summed E-state index contributed by atoms with van der Waals surface area (Å²) >= 11 is 0. The highest BCUT2D eigenvalue weighted by atomic mass is 19.1. The molecule has 4 N–H and O–H groups in total. The number of halogens is 1. The second-order valence-corrected chi connectivity index (χ2v) is 3.28. The van der Waals surface area contributed by atoms with E-state index < -0.39 is 34.5 Å². The number of nitrogens with zero attached hydrogens (tertiary/aromatic N) is 1. The Bertz CT molecular complexity index is 465. The zero-order valence-electron chi connectivity index (χ0n) is 8.41.